The summed E-state index contributed by atoms with van der Waals surface area (Å²) in [5, 5.41) is 20.4. The number of halogens is 2. The van der Waals surface area contributed by atoms with E-state index in [1.165, 1.54) is 0 Å². The predicted octanol–water partition coefficient (Wildman–Crippen LogP) is 3.04. The minimum Gasteiger partial charge on any atom is -0.396 e. The van der Waals surface area contributed by atoms with Gasteiger partial charge < -0.3 is 15.1 Å². The second-order valence-electron chi connectivity index (χ2n) is 5.94. The number of carbonyl (C=O) groups is 1. The molecular weight excluding hydrogens is 325 g/mol. The molecule has 1 heterocycles. The highest BCUT2D eigenvalue weighted by atomic mass is 35.5. The summed E-state index contributed by atoms with van der Waals surface area (Å²) < 4.78 is 0. The number of carbonyl (C=O) groups excluding carboxylic acids is 1. The number of aliphatic hydroxyl groups excluding tert-OH is 2. The molecule has 2 rings (SSSR count). The van der Waals surface area contributed by atoms with Crippen LogP contribution in [0.5, 0.6) is 0 Å². The number of hydrogen-bond donors (Lipinski definition) is 2. The summed E-state index contributed by atoms with van der Waals surface area (Å²) in [6, 6.07) is 4.94. The second-order valence-corrected chi connectivity index (χ2v) is 6.82. The normalized spacial score (nSPS) is 23.4. The predicted molar refractivity (Wildman–Crippen MR) is 87.0 cm³/mol. The molecule has 1 aromatic rings. The number of amides is 1. The highest BCUT2D eigenvalue weighted by molar-refractivity contribution is 6.34. The van der Waals surface area contributed by atoms with Crippen molar-refractivity contribution in [3.05, 3.63) is 33.8 Å². The molecule has 1 aliphatic heterocycles. The minimum absolute atomic E-state index is 0.0147. The van der Waals surface area contributed by atoms with Crippen molar-refractivity contribution in [2.75, 3.05) is 13.2 Å². The van der Waals surface area contributed by atoms with Crippen LogP contribution in [0.4, 0.5) is 0 Å². The molecule has 1 saturated heterocycles. The zero-order valence-corrected chi connectivity index (χ0v) is 14.0. The summed E-state index contributed by atoms with van der Waals surface area (Å²) in [6.45, 7) is 2.62. The van der Waals surface area contributed by atoms with E-state index in [0.29, 0.717) is 22.2 Å². The maximum atomic E-state index is 12.4. The summed E-state index contributed by atoms with van der Waals surface area (Å²) in [7, 11) is 0. The molecule has 22 heavy (non-hydrogen) atoms. The number of benzene rings is 1. The molecule has 0 spiro atoms. The van der Waals surface area contributed by atoms with Gasteiger partial charge in [-0.25, -0.2) is 0 Å². The van der Waals surface area contributed by atoms with E-state index in [9.17, 15) is 15.0 Å². The fourth-order valence-electron chi connectivity index (χ4n) is 2.85. The molecule has 1 aromatic carbocycles. The quantitative estimate of drug-likeness (QED) is 0.881. The summed E-state index contributed by atoms with van der Waals surface area (Å²) >= 11 is 11.8. The smallest absolute Gasteiger partial charge is 0.225 e. The lowest BCUT2D eigenvalue weighted by atomic mass is 9.93. The Labute approximate surface area is 140 Å². The van der Waals surface area contributed by atoms with Crippen molar-refractivity contribution in [3.63, 3.8) is 0 Å². The van der Waals surface area contributed by atoms with Crippen LogP contribution in [-0.4, -0.2) is 40.2 Å². The number of hydrogen-bond acceptors (Lipinski definition) is 3. The standard InChI is InChI=1S/C16H21Cl2NO3/c1-10-2-3-11(9-20)8-19(10)16(22)7-15(21)12-4-13(17)6-14(18)5-12/h4-6,10-11,15,20-21H,2-3,7-9H2,1H3. The van der Waals surface area contributed by atoms with Crippen LogP contribution in [0.3, 0.4) is 0 Å². The van der Waals surface area contributed by atoms with Crippen LogP contribution in [0.15, 0.2) is 18.2 Å². The number of aliphatic hydroxyl groups is 2. The monoisotopic (exact) mass is 345 g/mol. The highest BCUT2D eigenvalue weighted by Gasteiger charge is 2.29. The average Bonchev–Trinajstić information content (AvgIpc) is 2.46. The van der Waals surface area contributed by atoms with Gasteiger partial charge in [0.25, 0.3) is 0 Å². The molecule has 1 aliphatic rings. The molecule has 0 saturated carbocycles. The molecule has 0 bridgehead atoms. The SMILES string of the molecule is CC1CCC(CO)CN1C(=O)CC(O)c1cc(Cl)cc(Cl)c1. The van der Waals surface area contributed by atoms with Gasteiger partial charge in [-0.05, 0) is 49.4 Å². The van der Waals surface area contributed by atoms with Gasteiger partial charge in [0, 0.05) is 29.2 Å². The van der Waals surface area contributed by atoms with Gasteiger partial charge in [-0.15, -0.1) is 0 Å². The fraction of sp³-hybridized carbons (Fsp3) is 0.562. The van der Waals surface area contributed by atoms with E-state index in [1.54, 1.807) is 23.1 Å². The Bertz CT molecular complexity index is 518. The van der Waals surface area contributed by atoms with E-state index in [4.69, 9.17) is 23.2 Å². The first-order chi connectivity index (χ1) is 10.4. The maximum absolute atomic E-state index is 12.4. The van der Waals surface area contributed by atoms with Crippen LogP contribution in [0.1, 0.15) is 37.9 Å². The zero-order valence-electron chi connectivity index (χ0n) is 12.5. The van der Waals surface area contributed by atoms with Crippen molar-refractivity contribution in [1.82, 2.24) is 4.90 Å². The van der Waals surface area contributed by atoms with E-state index < -0.39 is 6.10 Å². The van der Waals surface area contributed by atoms with Gasteiger partial charge in [-0.3, -0.25) is 4.79 Å². The van der Waals surface area contributed by atoms with Gasteiger partial charge >= 0.3 is 0 Å². The van der Waals surface area contributed by atoms with Crippen molar-refractivity contribution in [3.8, 4) is 0 Å². The van der Waals surface area contributed by atoms with Gasteiger partial charge in [0.2, 0.25) is 5.91 Å². The van der Waals surface area contributed by atoms with Crippen LogP contribution < -0.4 is 0 Å². The molecule has 1 amide bonds. The van der Waals surface area contributed by atoms with Crippen LogP contribution >= 0.6 is 23.2 Å². The third kappa shape index (κ3) is 4.35. The Morgan fingerprint density at radius 2 is 1.95 bits per heavy atom. The van der Waals surface area contributed by atoms with Crippen molar-refractivity contribution >= 4 is 29.1 Å². The number of rotatable bonds is 4. The lowest BCUT2D eigenvalue weighted by molar-refractivity contribution is -0.138. The molecule has 0 aromatic heterocycles. The van der Waals surface area contributed by atoms with E-state index in [2.05, 4.69) is 0 Å². The van der Waals surface area contributed by atoms with Crippen molar-refractivity contribution < 1.29 is 15.0 Å². The van der Waals surface area contributed by atoms with Crippen LogP contribution in [0.25, 0.3) is 0 Å². The molecule has 6 heteroatoms. The molecule has 1 fully saturated rings. The van der Waals surface area contributed by atoms with Crippen LogP contribution in [0.2, 0.25) is 10.0 Å². The van der Waals surface area contributed by atoms with Crippen molar-refractivity contribution in [1.29, 1.82) is 0 Å². The second kappa shape index (κ2) is 7.64. The molecule has 2 N–H and O–H groups in total. The van der Waals surface area contributed by atoms with Crippen molar-refractivity contribution in [2.45, 2.75) is 38.3 Å². The van der Waals surface area contributed by atoms with E-state index in [1.807, 2.05) is 6.92 Å². The van der Waals surface area contributed by atoms with Crippen LogP contribution in [-0.2, 0) is 4.79 Å². The molecule has 0 radical (unpaired) electrons. The number of piperidine rings is 1. The van der Waals surface area contributed by atoms with Gasteiger partial charge in [-0.1, -0.05) is 23.2 Å². The third-order valence-electron chi connectivity index (χ3n) is 4.20. The Balaban J connectivity index is 2.03. The maximum Gasteiger partial charge on any atom is 0.225 e. The molecule has 0 aliphatic carbocycles. The Morgan fingerprint density at radius 1 is 1.32 bits per heavy atom. The molecule has 4 nitrogen and oxygen atoms in total. The van der Waals surface area contributed by atoms with Crippen LogP contribution in [0, 0.1) is 5.92 Å². The molecule has 122 valence electrons. The van der Waals surface area contributed by atoms with E-state index in [0.717, 1.165) is 12.8 Å². The fourth-order valence-corrected chi connectivity index (χ4v) is 3.39. The largest absolute Gasteiger partial charge is 0.396 e. The molecular formula is C16H21Cl2NO3. The Morgan fingerprint density at radius 3 is 2.55 bits per heavy atom. The van der Waals surface area contributed by atoms with Gasteiger partial charge in [0.1, 0.15) is 0 Å². The lowest BCUT2D eigenvalue weighted by Crippen LogP contribution is -2.46. The molecule has 3 atom stereocenters. The summed E-state index contributed by atoms with van der Waals surface area (Å²) in [5.74, 6) is 0.00662. The average molecular weight is 346 g/mol. The zero-order chi connectivity index (χ0) is 16.3. The van der Waals surface area contributed by atoms with Gasteiger partial charge in [0.05, 0.1) is 12.5 Å². The first-order valence-electron chi connectivity index (χ1n) is 7.45. The van der Waals surface area contributed by atoms with Gasteiger partial charge in [0.15, 0.2) is 0 Å². The van der Waals surface area contributed by atoms with Gasteiger partial charge in [-0.2, -0.15) is 0 Å². The summed E-state index contributed by atoms with van der Waals surface area (Å²) in [5.41, 5.74) is 0.536. The Hall–Kier alpha value is -0.810. The topological polar surface area (TPSA) is 60.8 Å². The Kier molecular flexibility index (Phi) is 6.09. The first-order valence-corrected chi connectivity index (χ1v) is 8.20. The van der Waals surface area contributed by atoms with E-state index in [-0.39, 0.29) is 30.9 Å². The molecule has 3 unspecified atom stereocenters. The number of nitrogens with zero attached hydrogens (tertiary/aromatic N) is 1. The third-order valence-corrected chi connectivity index (χ3v) is 4.63. The number of likely N-dealkylation sites (tertiary alicyclic amines) is 1. The first kappa shape index (κ1) is 17.5. The summed E-state index contributed by atoms with van der Waals surface area (Å²) in [4.78, 5) is 14.2. The van der Waals surface area contributed by atoms with E-state index >= 15 is 0 Å². The minimum atomic E-state index is -0.939. The highest BCUT2D eigenvalue weighted by Crippen LogP contribution is 2.28. The summed E-state index contributed by atoms with van der Waals surface area (Å²) in [6.07, 6.45) is 0.841. The lowest BCUT2D eigenvalue weighted by Gasteiger charge is -2.38. The van der Waals surface area contributed by atoms with Crippen molar-refractivity contribution in [2.24, 2.45) is 5.92 Å².